The van der Waals surface area contributed by atoms with Crippen molar-refractivity contribution >= 4 is 22.3 Å². The van der Waals surface area contributed by atoms with Gasteiger partial charge in [0.05, 0.1) is 19.2 Å². The van der Waals surface area contributed by atoms with E-state index in [1.54, 1.807) is 11.3 Å². The maximum Gasteiger partial charge on any atom is 0.176 e. The molecule has 0 aliphatic rings. The highest BCUT2D eigenvalue weighted by atomic mass is 32.1. The van der Waals surface area contributed by atoms with Crippen LogP contribution in [0.3, 0.4) is 0 Å². The van der Waals surface area contributed by atoms with Crippen LogP contribution in [-0.4, -0.2) is 16.8 Å². The van der Waals surface area contributed by atoms with Crippen LogP contribution in [0.1, 0.15) is 35.7 Å². The standard InChI is InChI=1S/C16H19N3O2S/c1-4-20-13-7-5-6-12-8-14(21-16(12)13)10(2)17-9-15-19-18-11(3)22-15/h5-8,10,17H,4,9H2,1-3H3. The Morgan fingerprint density at radius 1 is 1.36 bits per heavy atom. The molecule has 0 radical (unpaired) electrons. The molecule has 1 unspecified atom stereocenters. The minimum absolute atomic E-state index is 0.0890. The SMILES string of the molecule is CCOc1cccc2cc(C(C)NCc3nnc(C)s3)oc12. The third-order valence-electron chi connectivity index (χ3n) is 3.38. The largest absolute Gasteiger partial charge is 0.490 e. The van der Waals surface area contributed by atoms with E-state index >= 15 is 0 Å². The third kappa shape index (κ3) is 3.13. The first-order chi connectivity index (χ1) is 10.7. The van der Waals surface area contributed by atoms with Crippen LogP contribution in [0.15, 0.2) is 28.7 Å². The second kappa shape index (κ2) is 6.46. The van der Waals surface area contributed by atoms with Gasteiger partial charge in [-0.2, -0.15) is 0 Å². The first-order valence-electron chi connectivity index (χ1n) is 7.35. The summed E-state index contributed by atoms with van der Waals surface area (Å²) in [6.45, 7) is 7.31. The lowest BCUT2D eigenvalue weighted by Gasteiger charge is -2.09. The Labute approximate surface area is 133 Å². The molecular weight excluding hydrogens is 298 g/mol. The van der Waals surface area contributed by atoms with E-state index in [-0.39, 0.29) is 6.04 Å². The van der Waals surface area contributed by atoms with Crippen LogP contribution >= 0.6 is 11.3 Å². The second-order valence-corrected chi connectivity index (χ2v) is 6.34. The molecule has 22 heavy (non-hydrogen) atoms. The van der Waals surface area contributed by atoms with Crippen LogP contribution in [0.4, 0.5) is 0 Å². The molecule has 0 aliphatic carbocycles. The first kappa shape index (κ1) is 15.0. The summed E-state index contributed by atoms with van der Waals surface area (Å²) in [5.41, 5.74) is 0.805. The average Bonchev–Trinajstić information content (AvgIpc) is 3.12. The van der Waals surface area contributed by atoms with Crippen LogP contribution in [0.25, 0.3) is 11.0 Å². The van der Waals surface area contributed by atoms with E-state index in [4.69, 9.17) is 9.15 Å². The number of rotatable bonds is 6. The van der Waals surface area contributed by atoms with E-state index in [0.717, 1.165) is 32.5 Å². The number of benzene rings is 1. The molecule has 0 amide bonds. The zero-order valence-corrected chi connectivity index (χ0v) is 13.7. The molecule has 0 saturated carbocycles. The summed E-state index contributed by atoms with van der Waals surface area (Å²) in [6, 6.07) is 8.09. The Balaban J connectivity index is 1.76. The lowest BCUT2D eigenvalue weighted by Crippen LogP contribution is -2.17. The third-order valence-corrected chi connectivity index (χ3v) is 4.22. The van der Waals surface area contributed by atoms with Crippen molar-refractivity contribution < 1.29 is 9.15 Å². The van der Waals surface area contributed by atoms with Gasteiger partial charge < -0.3 is 14.5 Å². The number of fused-ring (bicyclic) bond motifs is 1. The molecule has 6 heteroatoms. The maximum atomic E-state index is 5.99. The highest BCUT2D eigenvalue weighted by Gasteiger charge is 2.14. The molecule has 0 fully saturated rings. The Hall–Kier alpha value is -1.92. The first-order valence-corrected chi connectivity index (χ1v) is 8.16. The van der Waals surface area contributed by atoms with E-state index in [1.165, 1.54) is 0 Å². The van der Waals surface area contributed by atoms with Gasteiger partial charge in [0, 0.05) is 5.39 Å². The fourth-order valence-corrected chi connectivity index (χ4v) is 2.95. The van der Waals surface area contributed by atoms with Crippen molar-refractivity contribution in [3.05, 3.63) is 40.0 Å². The van der Waals surface area contributed by atoms with Crippen molar-refractivity contribution in [3.8, 4) is 5.75 Å². The van der Waals surface area contributed by atoms with Gasteiger partial charge in [-0.3, -0.25) is 0 Å². The molecule has 116 valence electrons. The van der Waals surface area contributed by atoms with E-state index in [2.05, 4.69) is 28.5 Å². The summed E-state index contributed by atoms with van der Waals surface area (Å²) in [6.07, 6.45) is 0. The lowest BCUT2D eigenvalue weighted by atomic mass is 10.2. The molecule has 1 atom stereocenters. The van der Waals surface area contributed by atoms with Gasteiger partial charge in [-0.15, -0.1) is 21.5 Å². The van der Waals surface area contributed by atoms with Gasteiger partial charge in [-0.1, -0.05) is 12.1 Å². The number of nitrogens with zero attached hydrogens (tertiary/aromatic N) is 2. The monoisotopic (exact) mass is 317 g/mol. The normalized spacial score (nSPS) is 12.7. The quantitative estimate of drug-likeness (QED) is 0.748. The molecule has 3 aromatic rings. The van der Waals surface area contributed by atoms with Gasteiger partial charge in [0.1, 0.15) is 15.8 Å². The van der Waals surface area contributed by atoms with Gasteiger partial charge in [0.25, 0.3) is 0 Å². The van der Waals surface area contributed by atoms with Gasteiger partial charge in [-0.25, -0.2) is 0 Å². The highest BCUT2D eigenvalue weighted by molar-refractivity contribution is 7.11. The van der Waals surface area contributed by atoms with E-state index in [1.807, 2.05) is 32.0 Å². The molecule has 2 aromatic heterocycles. The molecule has 0 spiro atoms. The molecule has 1 N–H and O–H groups in total. The lowest BCUT2D eigenvalue weighted by molar-refractivity contribution is 0.336. The summed E-state index contributed by atoms with van der Waals surface area (Å²) in [4.78, 5) is 0. The summed E-state index contributed by atoms with van der Waals surface area (Å²) in [5.74, 6) is 1.68. The number of nitrogens with one attached hydrogen (secondary N) is 1. The van der Waals surface area contributed by atoms with Gasteiger partial charge in [0.2, 0.25) is 0 Å². The minimum atomic E-state index is 0.0890. The zero-order chi connectivity index (χ0) is 15.5. The van der Waals surface area contributed by atoms with E-state index in [9.17, 15) is 0 Å². The Morgan fingerprint density at radius 2 is 2.23 bits per heavy atom. The topological polar surface area (TPSA) is 60.2 Å². The maximum absolute atomic E-state index is 5.99. The van der Waals surface area contributed by atoms with E-state index in [0.29, 0.717) is 13.2 Å². The average molecular weight is 317 g/mol. The van der Waals surface area contributed by atoms with Crippen LogP contribution < -0.4 is 10.1 Å². The summed E-state index contributed by atoms with van der Waals surface area (Å²) < 4.78 is 11.6. The molecule has 0 aliphatic heterocycles. The number of furan rings is 1. The fourth-order valence-electron chi connectivity index (χ4n) is 2.29. The van der Waals surface area contributed by atoms with Crippen LogP contribution in [-0.2, 0) is 6.54 Å². The molecule has 0 bridgehead atoms. The smallest absolute Gasteiger partial charge is 0.176 e. The molecule has 3 rings (SSSR count). The number of hydrogen-bond donors (Lipinski definition) is 1. The molecule has 1 aromatic carbocycles. The van der Waals surface area contributed by atoms with Crippen molar-refractivity contribution in [2.75, 3.05) is 6.61 Å². The van der Waals surface area contributed by atoms with Gasteiger partial charge in [0.15, 0.2) is 11.3 Å². The Morgan fingerprint density at radius 3 is 2.95 bits per heavy atom. The van der Waals surface area contributed by atoms with Gasteiger partial charge in [-0.05, 0) is 32.9 Å². The number of aryl methyl sites for hydroxylation is 1. The summed E-state index contributed by atoms with van der Waals surface area (Å²) in [7, 11) is 0. The Kier molecular flexibility index (Phi) is 4.40. The zero-order valence-electron chi connectivity index (χ0n) is 12.9. The Bertz CT molecular complexity index is 766. The number of para-hydroxylation sites is 1. The molecule has 5 nitrogen and oxygen atoms in total. The van der Waals surface area contributed by atoms with E-state index < -0.39 is 0 Å². The minimum Gasteiger partial charge on any atom is -0.490 e. The van der Waals surface area contributed by atoms with Crippen molar-refractivity contribution in [2.24, 2.45) is 0 Å². The van der Waals surface area contributed by atoms with Crippen molar-refractivity contribution in [1.29, 1.82) is 0 Å². The predicted octanol–water partition coefficient (Wildman–Crippen LogP) is 3.84. The summed E-state index contributed by atoms with van der Waals surface area (Å²) in [5, 5.41) is 14.6. The summed E-state index contributed by atoms with van der Waals surface area (Å²) >= 11 is 1.60. The van der Waals surface area contributed by atoms with Crippen molar-refractivity contribution in [2.45, 2.75) is 33.4 Å². The van der Waals surface area contributed by atoms with Crippen LogP contribution in [0.2, 0.25) is 0 Å². The van der Waals surface area contributed by atoms with Crippen molar-refractivity contribution in [1.82, 2.24) is 15.5 Å². The fraction of sp³-hybridized carbons (Fsp3) is 0.375. The molecular formula is C16H19N3O2S. The van der Waals surface area contributed by atoms with Crippen LogP contribution in [0, 0.1) is 6.92 Å². The van der Waals surface area contributed by atoms with Crippen LogP contribution in [0.5, 0.6) is 5.75 Å². The number of ether oxygens (including phenoxy) is 1. The van der Waals surface area contributed by atoms with Gasteiger partial charge >= 0.3 is 0 Å². The number of hydrogen-bond acceptors (Lipinski definition) is 6. The molecule has 0 saturated heterocycles. The number of aromatic nitrogens is 2. The highest BCUT2D eigenvalue weighted by Crippen LogP contribution is 2.31. The predicted molar refractivity (Wildman–Crippen MR) is 87.3 cm³/mol. The second-order valence-electron chi connectivity index (χ2n) is 5.07. The molecule has 2 heterocycles. The van der Waals surface area contributed by atoms with Crippen molar-refractivity contribution in [3.63, 3.8) is 0 Å².